The zero-order valence-corrected chi connectivity index (χ0v) is 12.0. The molecule has 0 heterocycles. The fraction of sp³-hybridized carbons (Fsp3) is 0.250. The summed E-state index contributed by atoms with van der Waals surface area (Å²) < 4.78 is 5.55. The zero-order valence-electron chi connectivity index (χ0n) is 11.2. The lowest BCUT2D eigenvalue weighted by molar-refractivity contribution is 0.340. The molecule has 0 aliphatic rings. The summed E-state index contributed by atoms with van der Waals surface area (Å²) in [5, 5.41) is 3.93. The van der Waals surface area contributed by atoms with E-state index in [1.807, 2.05) is 44.3 Å². The molecule has 2 aromatic carbocycles. The van der Waals surface area contributed by atoms with Crippen LogP contribution in [-0.2, 0) is 6.54 Å². The SMILES string of the molecule is CCOc1cccc(-c2cc(Cl)ccc2CNC)c1. The van der Waals surface area contributed by atoms with Crippen molar-refractivity contribution in [2.45, 2.75) is 13.5 Å². The predicted octanol–water partition coefficient (Wildman–Crippen LogP) is 4.13. The maximum Gasteiger partial charge on any atom is 0.119 e. The van der Waals surface area contributed by atoms with Gasteiger partial charge in [-0.2, -0.15) is 0 Å². The van der Waals surface area contributed by atoms with Gasteiger partial charge in [-0.3, -0.25) is 0 Å². The summed E-state index contributed by atoms with van der Waals surface area (Å²) in [7, 11) is 1.94. The topological polar surface area (TPSA) is 21.3 Å². The van der Waals surface area contributed by atoms with Gasteiger partial charge in [0.1, 0.15) is 5.75 Å². The predicted molar refractivity (Wildman–Crippen MR) is 80.8 cm³/mol. The molecule has 0 spiro atoms. The third kappa shape index (κ3) is 3.49. The summed E-state index contributed by atoms with van der Waals surface area (Å²) in [5.74, 6) is 0.885. The van der Waals surface area contributed by atoms with E-state index in [9.17, 15) is 0 Å². The maximum atomic E-state index is 6.12. The van der Waals surface area contributed by atoms with Gasteiger partial charge in [0.2, 0.25) is 0 Å². The highest BCUT2D eigenvalue weighted by Crippen LogP contribution is 2.29. The molecule has 3 heteroatoms. The van der Waals surface area contributed by atoms with Gasteiger partial charge >= 0.3 is 0 Å². The molecule has 0 radical (unpaired) electrons. The normalized spacial score (nSPS) is 10.5. The second-order valence-electron chi connectivity index (χ2n) is 4.29. The number of hydrogen-bond donors (Lipinski definition) is 1. The number of halogens is 1. The van der Waals surface area contributed by atoms with Gasteiger partial charge in [-0.15, -0.1) is 0 Å². The molecule has 0 aliphatic heterocycles. The summed E-state index contributed by atoms with van der Waals surface area (Å²) in [6.07, 6.45) is 0. The largest absolute Gasteiger partial charge is 0.494 e. The van der Waals surface area contributed by atoms with Crippen LogP contribution in [0.15, 0.2) is 42.5 Å². The summed E-state index contributed by atoms with van der Waals surface area (Å²) in [4.78, 5) is 0. The van der Waals surface area contributed by atoms with Gasteiger partial charge in [-0.25, -0.2) is 0 Å². The van der Waals surface area contributed by atoms with Crippen molar-refractivity contribution in [2.24, 2.45) is 0 Å². The van der Waals surface area contributed by atoms with E-state index in [1.54, 1.807) is 0 Å². The van der Waals surface area contributed by atoms with Gasteiger partial charge in [0.15, 0.2) is 0 Å². The van der Waals surface area contributed by atoms with Gasteiger partial charge < -0.3 is 10.1 Å². The molecule has 0 bridgehead atoms. The van der Waals surface area contributed by atoms with Crippen molar-refractivity contribution in [1.82, 2.24) is 5.32 Å². The van der Waals surface area contributed by atoms with E-state index in [0.29, 0.717) is 6.61 Å². The molecule has 0 unspecified atom stereocenters. The Hall–Kier alpha value is -1.51. The lowest BCUT2D eigenvalue weighted by Gasteiger charge is -2.11. The molecule has 0 saturated carbocycles. The van der Waals surface area contributed by atoms with Crippen LogP contribution in [0.2, 0.25) is 5.02 Å². The van der Waals surface area contributed by atoms with Crippen molar-refractivity contribution < 1.29 is 4.74 Å². The Bertz CT molecular complexity index is 554. The second kappa shape index (κ2) is 6.60. The number of ether oxygens (including phenoxy) is 1. The lowest BCUT2D eigenvalue weighted by Crippen LogP contribution is -2.06. The molecule has 2 aromatic rings. The molecule has 0 aliphatic carbocycles. The summed E-state index contributed by atoms with van der Waals surface area (Å²) in [5.41, 5.74) is 3.49. The van der Waals surface area contributed by atoms with Gasteiger partial charge in [-0.1, -0.05) is 29.8 Å². The fourth-order valence-corrected chi connectivity index (χ4v) is 2.25. The molecule has 100 valence electrons. The van der Waals surface area contributed by atoms with Crippen LogP contribution in [0.4, 0.5) is 0 Å². The van der Waals surface area contributed by atoms with Crippen LogP contribution < -0.4 is 10.1 Å². The van der Waals surface area contributed by atoms with Crippen molar-refractivity contribution in [3.8, 4) is 16.9 Å². The molecule has 19 heavy (non-hydrogen) atoms. The van der Waals surface area contributed by atoms with E-state index >= 15 is 0 Å². The van der Waals surface area contributed by atoms with Crippen LogP contribution in [0.3, 0.4) is 0 Å². The Morgan fingerprint density at radius 1 is 1.16 bits per heavy atom. The molecule has 0 fully saturated rings. The standard InChI is InChI=1S/C16H18ClNO/c1-3-19-15-6-4-5-12(9-15)16-10-14(17)8-7-13(16)11-18-2/h4-10,18H,3,11H2,1-2H3. The van der Waals surface area contributed by atoms with Crippen LogP contribution in [0, 0.1) is 0 Å². The molecule has 0 atom stereocenters. The number of nitrogens with one attached hydrogen (secondary N) is 1. The van der Waals surface area contributed by atoms with Crippen molar-refractivity contribution in [3.05, 3.63) is 53.1 Å². The highest BCUT2D eigenvalue weighted by Gasteiger charge is 2.06. The second-order valence-corrected chi connectivity index (χ2v) is 4.73. The van der Waals surface area contributed by atoms with E-state index in [4.69, 9.17) is 16.3 Å². The van der Waals surface area contributed by atoms with E-state index in [-0.39, 0.29) is 0 Å². The summed E-state index contributed by atoms with van der Waals surface area (Å²) >= 11 is 6.12. The minimum Gasteiger partial charge on any atom is -0.494 e. The molecule has 0 amide bonds. The first-order chi connectivity index (χ1) is 9.24. The first-order valence-corrected chi connectivity index (χ1v) is 6.78. The van der Waals surface area contributed by atoms with E-state index in [0.717, 1.165) is 28.4 Å². The fourth-order valence-electron chi connectivity index (χ4n) is 2.08. The minimum atomic E-state index is 0.669. The molecule has 2 rings (SSSR count). The molecule has 2 nitrogen and oxygen atoms in total. The Kier molecular flexibility index (Phi) is 4.83. The third-order valence-corrected chi connectivity index (χ3v) is 3.13. The van der Waals surface area contributed by atoms with Crippen LogP contribution in [0.1, 0.15) is 12.5 Å². The van der Waals surface area contributed by atoms with Gasteiger partial charge in [0.05, 0.1) is 6.61 Å². The molecule has 1 N–H and O–H groups in total. The smallest absolute Gasteiger partial charge is 0.119 e. The Morgan fingerprint density at radius 3 is 2.74 bits per heavy atom. The number of benzene rings is 2. The average Bonchev–Trinajstić information content (AvgIpc) is 2.42. The maximum absolute atomic E-state index is 6.12. The van der Waals surface area contributed by atoms with E-state index in [1.165, 1.54) is 5.56 Å². The monoisotopic (exact) mass is 275 g/mol. The molecular weight excluding hydrogens is 258 g/mol. The zero-order chi connectivity index (χ0) is 13.7. The molecule has 0 aromatic heterocycles. The highest BCUT2D eigenvalue weighted by molar-refractivity contribution is 6.30. The first kappa shape index (κ1) is 13.9. The Morgan fingerprint density at radius 2 is 2.00 bits per heavy atom. The van der Waals surface area contributed by atoms with Crippen LogP contribution in [0.25, 0.3) is 11.1 Å². The van der Waals surface area contributed by atoms with Crippen molar-refractivity contribution >= 4 is 11.6 Å². The number of rotatable bonds is 5. The highest BCUT2D eigenvalue weighted by atomic mass is 35.5. The van der Waals surface area contributed by atoms with Gasteiger partial charge in [-0.05, 0) is 54.9 Å². The Labute approximate surface area is 119 Å². The molecule has 0 saturated heterocycles. The first-order valence-electron chi connectivity index (χ1n) is 6.41. The number of hydrogen-bond acceptors (Lipinski definition) is 2. The average molecular weight is 276 g/mol. The summed E-state index contributed by atoms with van der Waals surface area (Å²) in [6.45, 7) is 3.46. The van der Waals surface area contributed by atoms with Crippen LogP contribution >= 0.6 is 11.6 Å². The van der Waals surface area contributed by atoms with Crippen LogP contribution in [-0.4, -0.2) is 13.7 Å². The van der Waals surface area contributed by atoms with Gasteiger partial charge in [0, 0.05) is 11.6 Å². The Balaban J connectivity index is 2.44. The van der Waals surface area contributed by atoms with E-state index < -0.39 is 0 Å². The van der Waals surface area contributed by atoms with Crippen molar-refractivity contribution in [3.63, 3.8) is 0 Å². The quantitative estimate of drug-likeness (QED) is 0.886. The minimum absolute atomic E-state index is 0.669. The lowest BCUT2D eigenvalue weighted by atomic mass is 9.99. The van der Waals surface area contributed by atoms with Crippen molar-refractivity contribution in [2.75, 3.05) is 13.7 Å². The third-order valence-electron chi connectivity index (χ3n) is 2.90. The van der Waals surface area contributed by atoms with Crippen molar-refractivity contribution in [1.29, 1.82) is 0 Å². The summed E-state index contributed by atoms with van der Waals surface area (Å²) in [6, 6.07) is 14.1. The van der Waals surface area contributed by atoms with Crippen LogP contribution in [0.5, 0.6) is 5.75 Å². The molecular formula is C16H18ClNO. The van der Waals surface area contributed by atoms with E-state index in [2.05, 4.69) is 17.4 Å². The van der Waals surface area contributed by atoms with Gasteiger partial charge in [0.25, 0.3) is 0 Å².